The molecule has 2 saturated carbocycles. The van der Waals surface area contributed by atoms with E-state index in [0.29, 0.717) is 29.1 Å². The van der Waals surface area contributed by atoms with Crippen molar-refractivity contribution in [1.82, 2.24) is 0 Å². The maximum absolute atomic E-state index is 10.7. The smallest absolute Gasteiger partial charge is 0.303 e. The number of hydrogen-bond donors (Lipinski definition) is 1. The van der Waals surface area contributed by atoms with E-state index < -0.39 is 5.97 Å². The van der Waals surface area contributed by atoms with Crippen molar-refractivity contribution in [3.05, 3.63) is 11.6 Å². The van der Waals surface area contributed by atoms with Gasteiger partial charge < -0.3 is 5.11 Å². The Hall–Kier alpha value is -0.790. The van der Waals surface area contributed by atoms with Crippen LogP contribution in [0.4, 0.5) is 0 Å². The van der Waals surface area contributed by atoms with E-state index in [1.807, 2.05) is 0 Å². The first-order valence-electron chi connectivity index (χ1n) is 6.70. The van der Waals surface area contributed by atoms with Crippen molar-refractivity contribution < 1.29 is 9.90 Å². The second-order valence-corrected chi connectivity index (χ2v) is 7.33. The molecular formula is C15H22O2. The van der Waals surface area contributed by atoms with Gasteiger partial charge in [0.15, 0.2) is 0 Å². The van der Waals surface area contributed by atoms with Crippen molar-refractivity contribution in [2.45, 2.75) is 40.5 Å². The van der Waals surface area contributed by atoms with Crippen molar-refractivity contribution in [1.29, 1.82) is 0 Å². The number of fused-ring (bicyclic) bond motifs is 3. The number of carbonyl (C=O) groups is 1. The maximum Gasteiger partial charge on any atom is 0.303 e. The van der Waals surface area contributed by atoms with Crippen LogP contribution >= 0.6 is 0 Å². The fourth-order valence-corrected chi connectivity index (χ4v) is 4.60. The molecule has 0 spiro atoms. The summed E-state index contributed by atoms with van der Waals surface area (Å²) in [6.07, 6.45) is 3.48. The van der Waals surface area contributed by atoms with Gasteiger partial charge in [0.1, 0.15) is 0 Å². The summed E-state index contributed by atoms with van der Waals surface area (Å²) < 4.78 is 0. The number of carboxylic acids is 1. The molecule has 94 valence electrons. The van der Waals surface area contributed by atoms with Gasteiger partial charge in [-0.2, -0.15) is 0 Å². The number of hydrogen-bond acceptors (Lipinski definition) is 1. The highest BCUT2D eigenvalue weighted by Gasteiger charge is 2.75. The second kappa shape index (κ2) is 2.96. The lowest BCUT2D eigenvalue weighted by atomic mass is 9.95. The highest BCUT2D eigenvalue weighted by molar-refractivity contribution is 5.67. The molecule has 2 fully saturated rings. The lowest BCUT2D eigenvalue weighted by molar-refractivity contribution is -0.136. The lowest BCUT2D eigenvalue weighted by Gasteiger charge is -2.10. The predicted octanol–water partition coefficient (Wildman–Crippen LogP) is 3.34. The van der Waals surface area contributed by atoms with Crippen molar-refractivity contribution in [2.24, 2.45) is 34.5 Å². The Balaban J connectivity index is 1.83. The van der Waals surface area contributed by atoms with Crippen LogP contribution in [0.2, 0.25) is 0 Å². The molecule has 3 aliphatic rings. The molecule has 0 bridgehead atoms. The van der Waals surface area contributed by atoms with Crippen LogP contribution in [-0.4, -0.2) is 11.1 Å². The second-order valence-electron chi connectivity index (χ2n) is 7.33. The van der Waals surface area contributed by atoms with Gasteiger partial charge in [0.25, 0.3) is 0 Å². The molecule has 0 aromatic carbocycles. The Morgan fingerprint density at radius 3 is 2.47 bits per heavy atom. The van der Waals surface area contributed by atoms with Gasteiger partial charge in [0, 0.05) is 6.42 Å². The Kier molecular flexibility index (Phi) is 1.97. The van der Waals surface area contributed by atoms with Gasteiger partial charge in [-0.15, -0.1) is 0 Å². The normalized spacial score (nSPS) is 43.2. The molecule has 0 radical (unpaired) electrons. The Morgan fingerprint density at radius 1 is 1.24 bits per heavy atom. The molecule has 0 aromatic heterocycles. The molecule has 3 aliphatic carbocycles. The van der Waals surface area contributed by atoms with Gasteiger partial charge in [-0.25, -0.2) is 0 Å². The van der Waals surface area contributed by atoms with E-state index >= 15 is 0 Å². The topological polar surface area (TPSA) is 37.3 Å². The molecule has 2 nitrogen and oxygen atoms in total. The van der Waals surface area contributed by atoms with Crippen molar-refractivity contribution in [3.8, 4) is 0 Å². The fraction of sp³-hybridized carbons (Fsp3) is 0.800. The summed E-state index contributed by atoms with van der Waals surface area (Å²) in [5.74, 6) is 2.39. The summed E-state index contributed by atoms with van der Waals surface area (Å²) >= 11 is 0. The van der Waals surface area contributed by atoms with Crippen LogP contribution in [0.15, 0.2) is 11.6 Å². The van der Waals surface area contributed by atoms with E-state index in [0.717, 1.165) is 18.3 Å². The van der Waals surface area contributed by atoms with Gasteiger partial charge in [0.05, 0.1) is 0 Å². The monoisotopic (exact) mass is 234 g/mol. The summed E-state index contributed by atoms with van der Waals surface area (Å²) in [5, 5.41) is 8.83. The van der Waals surface area contributed by atoms with Gasteiger partial charge in [0.2, 0.25) is 0 Å². The summed E-state index contributed by atoms with van der Waals surface area (Å²) in [5.41, 5.74) is 2.31. The minimum absolute atomic E-state index is 0.295. The fourth-order valence-electron chi connectivity index (χ4n) is 4.60. The average Bonchev–Trinajstić information content (AvgIpc) is 2.97. The van der Waals surface area contributed by atoms with Crippen molar-refractivity contribution in [2.75, 3.05) is 0 Å². The minimum atomic E-state index is -0.668. The zero-order valence-corrected chi connectivity index (χ0v) is 11.2. The maximum atomic E-state index is 10.7. The van der Waals surface area contributed by atoms with E-state index in [-0.39, 0.29) is 0 Å². The first-order chi connectivity index (χ1) is 7.78. The van der Waals surface area contributed by atoms with Crippen LogP contribution in [0.25, 0.3) is 0 Å². The Morgan fingerprint density at radius 2 is 1.88 bits per heavy atom. The van der Waals surface area contributed by atoms with Gasteiger partial charge in [-0.3, -0.25) is 4.79 Å². The standard InChI is InChI=1S/C15H22O2/c1-14(2)9-7-8(5-6-10(16)17)11-13(12(9)14)15(11,3)4/h7,9,11-13H,5-6H2,1-4H3,(H,16,17). The largest absolute Gasteiger partial charge is 0.481 e. The molecule has 4 atom stereocenters. The number of aliphatic carboxylic acids is 1. The van der Waals surface area contributed by atoms with Gasteiger partial charge in [-0.05, 0) is 40.9 Å². The average molecular weight is 234 g/mol. The number of allylic oxidation sites excluding steroid dienone is 2. The van der Waals surface area contributed by atoms with E-state index in [4.69, 9.17) is 5.11 Å². The van der Waals surface area contributed by atoms with E-state index in [1.54, 1.807) is 0 Å². The van der Waals surface area contributed by atoms with E-state index in [1.165, 1.54) is 5.57 Å². The zero-order valence-electron chi connectivity index (χ0n) is 11.2. The van der Waals surface area contributed by atoms with Crippen molar-refractivity contribution in [3.63, 3.8) is 0 Å². The molecule has 0 aliphatic heterocycles. The Bertz CT molecular complexity index is 417. The predicted molar refractivity (Wildman–Crippen MR) is 66.5 cm³/mol. The van der Waals surface area contributed by atoms with Gasteiger partial charge in [-0.1, -0.05) is 39.3 Å². The van der Waals surface area contributed by atoms with E-state index in [2.05, 4.69) is 33.8 Å². The van der Waals surface area contributed by atoms with Crippen LogP contribution in [-0.2, 0) is 4.79 Å². The molecule has 0 heterocycles. The van der Waals surface area contributed by atoms with Crippen LogP contribution in [0.3, 0.4) is 0 Å². The lowest BCUT2D eigenvalue weighted by Crippen LogP contribution is -2.02. The van der Waals surface area contributed by atoms with Crippen LogP contribution in [0.1, 0.15) is 40.5 Å². The van der Waals surface area contributed by atoms with Crippen LogP contribution in [0.5, 0.6) is 0 Å². The molecule has 2 heteroatoms. The molecule has 0 aromatic rings. The summed E-state index contributed by atoms with van der Waals surface area (Å²) in [7, 11) is 0. The van der Waals surface area contributed by atoms with E-state index in [9.17, 15) is 4.79 Å². The third-order valence-corrected chi connectivity index (χ3v) is 5.71. The molecule has 17 heavy (non-hydrogen) atoms. The minimum Gasteiger partial charge on any atom is -0.481 e. The third-order valence-electron chi connectivity index (χ3n) is 5.71. The summed E-state index contributed by atoms with van der Waals surface area (Å²) in [6, 6.07) is 0. The van der Waals surface area contributed by atoms with Crippen molar-refractivity contribution >= 4 is 5.97 Å². The molecule has 0 amide bonds. The molecule has 4 unspecified atom stereocenters. The molecular weight excluding hydrogens is 212 g/mol. The number of rotatable bonds is 3. The highest BCUT2D eigenvalue weighted by Crippen LogP contribution is 2.80. The SMILES string of the molecule is CC1(C)C2C=C(CCC(=O)O)C3C(C21)C3(C)C. The number of carboxylic acid groups (broad SMARTS) is 1. The third kappa shape index (κ3) is 1.36. The quantitative estimate of drug-likeness (QED) is 0.760. The summed E-state index contributed by atoms with van der Waals surface area (Å²) in [4.78, 5) is 10.7. The first-order valence-corrected chi connectivity index (χ1v) is 6.70. The molecule has 3 rings (SSSR count). The Labute approximate surface area is 103 Å². The molecule has 0 saturated heterocycles. The highest BCUT2D eigenvalue weighted by atomic mass is 16.4. The van der Waals surface area contributed by atoms with Gasteiger partial charge >= 0.3 is 5.97 Å². The first kappa shape index (κ1) is 11.3. The molecule has 1 N–H and O–H groups in total. The zero-order chi connectivity index (χ0) is 12.6. The van der Waals surface area contributed by atoms with Crippen LogP contribution < -0.4 is 0 Å². The summed E-state index contributed by atoms with van der Waals surface area (Å²) in [6.45, 7) is 9.44. The van der Waals surface area contributed by atoms with Crippen LogP contribution in [0, 0.1) is 34.5 Å².